The van der Waals surface area contributed by atoms with Crippen LogP contribution in [0.15, 0.2) is 0 Å². The molecule has 0 spiro atoms. The molecule has 3 saturated heterocycles. The van der Waals surface area contributed by atoms with Crippen molar-refractivity contribution in [2.75, 3.05) is 0 Å². The fourth-order valence-corrected chi connectivity index (χ4v) is 3.49. The quantitative estimate of drug-likeness (QED) is 0.640. The number of hydrogen-bond acceptors (Lipinski definition) is 4. The van der Waals surface area contributed by atoms with Crippen molar-refractivity contribution < 1.29 is 4.74 Å². The summed E-state index contributed by atoms with van der Waals surface area (Å²) >= 11 is 0. The molecule has 4 heteroatoms. The van der Waals surface area contributed by atoms with Gasteiger partial charge in [-0.2, -0.15) is 0 Å². The second kappa shape index (κ2) is 3.95. The lowest BCUT2D eigenvalue weighted by atomic mass is 9.96. The minimum Gasteiger partial charge on any atom is -0.360 e. The maximum Gasteiger partial charge on any atom is 0.114 e. The summed E-state index contributed by atoms with van der Waals surface area (Å²) < 4.78 is 6.08. The number of ether oxygens (including phenoxy) is 1. The van der Waals surface area contributed by atoms with E-state index >= 15 is 0 Å². The van der Waals surface area contributed by atoms with Gasteiger partial charge in [-0.1, -0.05) is 0 Å². The van der Waals surface area contributed by atoms with Gasteiger partial charge in [0.15, 0.2) is 0 Å². The van der Waals surface area contributed by atoms with Crippen LogP contribution < -0.4 is 10.6 Å². The summed E-state index contributed by atoms with van der Waals surface area (Å²) in [6.07, 6.45) is 5.09. The molecule has 0 radical (unpaired) electrons. The Morgan fingerprint density at radius 2 is 1.56 bits per heavy atom. The van der Waals surface area contributed by atoms with Crippen LogP contribution in [0.1, 0.15) is 40.0 Å². The zero-order valence-corrected chi connectivity index (χ0v) is 10.4. The molecular formula is C12H23N3O. The van der Waals surface area contributed by atoms with Crippen molar-refractivity contribution in [2.24, 2.45) is 0 Å². The average Bonchev–Trinajstić information content (AvgIpc) is 2.14. The van der Waals surface area contributed by atoms with E-state index < -0.39 is 0 Å². The van der Waals surface area contributed by atoms with Gasteiger partial charge in [-0.15, -0.1) is 0 Å². The van der Waals surface area contributed by atoms with Gasteiger partial charge in [-0.05, 0) is 27.2 Å². The molecule has 92 valence electrons. The SMILES string of the molecule is C[C@@H]1C[C@@H]2N[C@@H](C)C[C@H]3N[C@@H](C)C[C@H](O1)N23. The molecule has 3 heterocycles. The minimum absolute atomic E-state index is 0.315. The largest absolute Gasteiger partial charge is 0.360 e. The van der Waals surface area contributed by atoms with Crippen molar-refractivity contribution in [1.29, 1.82) is 0 Å². The predicted molar refractivity (Wildman–Crippen MR) is 62.8 cm³/mol. The van der Waals surface area contributed by atoms with Crippen LogP contribution in [-0.2, 0) is 4.74 Å². The highest BCUT2D eigenvalue weighted by Crippen LogP contribution is 2.32. The number of hydrogen-bond donors (Lipinski definition) is 2. The van der Waals surface area contributed by atoms with Gasteiger partial charge >= 0.3 is 0 Å². The second-order valence-corrected chi connectivity index (χ2v) is 5.72. The summed E-state index contributed by atoms with van der Waals surface area (Å²) in [6, 6.07) is 1.18. The van der Waals surface area contributed by atoms with Crippen LogP contribution >= 0.6 is 0 Å². The number of nitrogens with one attached hydrogen (secondary N) is 2. The van der Waals surface area contributed by atoms with Gasteiger partial charge in [0.1, 0.15) is 6.23 Å². The van der Waals surface area contributed by atoms with E-state index in [0.29, 0.717) is 36.7 Å². The third kappa shape index (κ3) is 1.78. The lowest BCUT2D eigenvalue weighted by molar-refractivity contribution is -0.218. The molecule has 0 unspecified atom stereocenters. The Morgan fingerprint density at radius 3 is 2.31 bits per heavy atom. The third-order valence-corrected chi connectivity index (χ3v) is 4.08. The van der Waals surface area contributed by atoms with Crippen molar-refractivity contribution in [3.05, 3.63) is 0 Å². The second-order valence-electron chi connectivity index (χ2n) is 5.72. The Balaban J connectivity index is 1.83. The molecule has 0 aromatic heterocycles. The van der Waals surface area contributed by atoms with Crippen LogP contribution in [0.3, 0.4) is 0 Å². The molecule has 0 bridgehead atoms. The molecule has 2 N–H and O–H groups in total. The fraction of sp³-hybridized carbons (Fsp3) is 1.00. The van der Waals surface area contributed by atoms with Crippen LogP contribution in [0.2, 0.25) is 0 Å². The Morgan fingerprint density at radius 1 is 0.938 bits per heavy atom. The topological polar surface area (TPSA) is 36.5 Å². The van der Waals surface area contributed by atoms with Gasteiger partial charge < -0.3 is 4.74 Å². The molecule has 3 fully saturated rings. The first kappa shape index (κ1) is 11.0. The monoisotopic (exact) mass is 225 g/mol. The summed E-state index contributed by atoms with van der Waals surface area (Å²) in [6.45, 7) is 6.75. The van der Waals surface area contributed by atoms with Gasteiger partial charge in [-0.25, -0.2) is 4.90 Å². The van der Waals surface area contributed by atoms with Crippen molar-refractivity contribution in [3.63, 3.8) is 0 Å². The number of nitrogens with zero attached hydrogens (tertiary/aromatic N) is 1. The van der Waals surface area contributed by atoms with Crippen molar-refractivity contribution in [3.8, 4) is 0 Å². The summed E-state index contributed by atoms with van der Waals surface area (Å²) in [7, 11) is 0. The molecule has 0 saturated carbocycles. The average molecular weight is 225 g/mol. The van der Waals surface area contributed by atoms with Crippen LogP contribution in [0, 0.1) is 0 Å². The van der Waals surface area contributed by atoms with E-state index in [2.05, 4.69) is 36.3 Å². The molecule has 16 heavy (non-hydrogen) atoms. The van der Waals surface area contributed by atoms with Crippen molar-refractivity contribution in [1.82, 2.24) is 15.5 Å². The molecule has 3 aliphatic heterocycles. The number of rotatable bonds is 0. The molecule has 0 aromatic carbocycles. The Bertz CT molecular complexity index is 212. The molecule has 0 aliphatic carbocycles. The van der Waals surface area contributed by atoms with Gasteiger partial charge in [0, 0.05) is 24.9 Å². The van der Waals surface area contributed by atoms with Gasteiger partial charge in [-0.3, -0.25) is 10.6 Å². The lowest BCUT2D eigenvalue weighted by Gasteiger charge is -2.56. The van der Waals surface area contributed by atoms with E-state index in [-0.39, 0.29) is 0 Å². The molecule has 0 amide bonds. The Kier molecular flexibility index (Phi) is 2.70. The molecular weight excluding hydrogens is 202 g/mol. The van der Waals surface area contributed by atoms with Crippen LogP contribution in [0.4, 0.5) is 0 Å². The van der Waals surface area contributed by atoms with E-state index in [4.69, 9.17) is 4.74 Å². The first-order valence-corrected chi connectivity index (χ1v) is 6.58. The Labute approximate surface area is 97.7 Å². The van der Waals surface area contributed by atoms with E-state index in [1.165, 1.54) is 6.42 Å². The summed E-state index contributed by atoms with van der Waals surface area (Å²) in [5, 5.41) is 7.40. The van der Waals surface area contributed by atoms with Crippen LogP contribution in [-0.4, -0.2) is 41.6 Å². The van der Waals surface area contributed by atoms with Crippen LogP contribution in [0.25, 0.3) is 0 Å². The zero-order valence-electron chi connectivity index (χ0n) is 10.4. The minimum atomic E-state index is 0.315. The van der Waals surface area contributed by atoms with E-state index in [9.17, 15) is 0 Å². The van der Waals surface area contributed by atoms with Gasteiger partial charge in [0.05, 0.1) is 18.4 Å². The molecule has 3 aliphatic rings. The van der Waals surface area contributed by atoms with Gasteiger partial charge in [0.25, 0.3) is 0 Å². The maximum absolute atomic E-state index is 6.08. The highest BCUT2D eigenvalue weighted by atomic mass is 16.5. The van der Waals surface area contributed by atoms with Gasteiger partial charge in [0.2, 0.25) is 0 Å². The van der Waals surface area contributed by atoms with Crippen molar-refractivity contribution in [2.45, 2.75) is 76.8 Å². The third-order valence-electron chi connectivity index (χ3n) is 4.08. The highest BCUT2D eigenvalue weighted by molar-refractivity contribution is 4.96. The normalized spacial score (nSPS) is 53.4. The molecule has 6 atom stereocenters. The molecule has 3 rings (SSSR count). The first-order chi connectivity index (χ1) is 7.63. The lowest BCUT2D eigenvalue weighted by Crippen LogP contribution is -2.73. The van der Waals surface area contributed by atoms with E-state index in [1.54, 1.807) is 0 Å². The zero-order chi connectivity index (χ0) is 11.3. The van der Waals surface area contributed by atoms with Crippen molar-refractivity contribution >= 4 is 0 Å². The fourth-order valence-electron chi connectivity index (χ4n) is 3.49. The summed E-state index contributed by atoms with van der Waals surface area (Å²) in [5.74, 6) is 0. The predicted octanol–water partition coefficient (Wildman–Crippen LogP) is 0.839. The van der Waals surface area contributed by atoms with E-state index in [0.717, 1.165) is 12.8 Å². The van der Waals surface area contributed by atoms with Crippen LogP contribution in [0.5, 0.6) is 0 Å². The standard InChI is InChI=1S/C12H23N3O/c1-7-4-10-14-8(2)5-12-15(10)11(13-7)6-9(3)16-12/h7-14H,4-6H2,1-3H3/t7-,8-,9+,10-,11+,12-/m0/s1. The summed E-state index contributed by atoms with van der Waals surface area (Å²) in [4.78, 5) is 2.51. The highest BCUT2D eigenvalue weighted by Gasteiger charge is 2.45. The Hall–Kier alpha value is -0.160. The van der Waals surface area contributed by atoms with E-state index in [1.807, 2.05) is 0 Å². The smallest absolute Gasteiger partial charge is 0.114 e. The first-order valence-electron chi connectivity index (χ1n) is 6.58. The molecule has 4 nitrogen and oxygen atoms in total. The summed E-state index contributed by atoms with van der Waals surface area (Å²) in [5.41, 5.74) is 0. The maximum atomic E-state index is 6.08. The molecule has 0 aromatic rings.